The van der Waals surface area contributed by atoms with E-state index in [0.29, 0.717) is 13.2 Å². The van der Waals surface area contributed by atoms with Gasteiger partial charge in [0.2, 0.25) is 0 Å². The van der Waals surface area contributed by atoms with E-state index in [2.05, 4.69) is 6.58 Å². The van der Waals surface area contributed by atoms with Crippen LogP contribution >= 0.6 is 0 Å². The molecule has 2 rings (SSSR count). The van der Waals surface area contributed by atoms with Gasteiger partial charge in [-0.1, -0.05) is 6.58 Å². The molecule has 0 aromatic heterocycles. The molecule has 0 aromatic rings. The highest BCUT2D eigenvalue weighted by Crippen LogP contribution is 2.31. The maximum Gasteiger partial charge on any atom is 0.422 e. The van der Waals surface area contributed by atoms with E-state index in [1.165, 1.54) is 0 Å². The topological polar surface area (TPSA) is 44.8 Å². The molecule has 3 unspecified atom stereocenters. The molecular weight excluding hydrogens is 241 g/mol. The third-order valence-corrected chi connectivity index (χ3v) is 2.87. The van der Waals surface area contributed by atoms with Crippen LogP contribution in [0.1, 0.15) is 0 Å². The Morgan fingerprint density at radius 1 is 1.29 bits per heavy atom. The second-order valence-corrected chi connectivity index (χ2v) is 3.99. The largest absolute Gasteiger partial charge is 0.456 e. The van der Waals surface area contributed by atoms with E-state index in [4.69, 9.17) is 14.2 Å². The minimum Gasteiger partial charge on any atom is -0.456 e. The first kappa shape index (κ1) is 12.4. The Balaban J connectivity index is 1.93. The van der Waals surface area contributed by atoms with Gasteiger partial charge in [-0.25, -0.2) is 4.79 Å². The van der Waals surface area contributed by atoms with Gasteiger partial charge in [0.05, 0.1) is 31.8 Å². The Bertz CT molecular complexity index is 339. The van der Waals surface area contributed by atoms with Crippen LogP contribution in [-0.4, -0.2) is 44.2 Å². The molecular formula is C10H11F3O4. The Kier molecular flexibility index (Phi) is 3.13. The third kappa shape index (κ3) is 2.44. The smallest absolute Gasteiger partial charge is 0.422 e. The van der Waals surface area contributed by atoms with E-state index < -0.39 is 23.8 Å². The number of alkyl halides is 3. The normalized spacial score (nSPS) is 32.3. The van der Waals surface area contributed by atoms with Crippen molar-refractivity contribution in [2.75, 3.05) is 19.8 Å². The average molecular weight is 252 g/mol. The van der Waals surface area contributed by atoms with Crippen LogP contribution in [0.3, 0.4) is 0 Å². The maximum atomic E-state index is 12.2. The highest BCUT2D eigenvalue weighted by atomic mass is 19.4. The van der Waals surface area contributed by atoms with Crippen molar-refractivity contribution in [2.24, 2.45) is 5.92 Å². The predicted octanol–water partition coefficient (Wildman–Crippen LogP) is 1.06. The van der Waals surface area contributed by atoms with Crippen LogP contribution in [0.25, 0.3) is 0 Å². The minimum absolute atomic E-state index is 0.107. The number of hydrogen-bond donors (Lipinski definition) is 0. The molecule has 2 saturated heterocycles. The third-order valence-electron chi connectivity index (χ3n) is 2.87. The SMILES string of the molecule is C=C(C(=O)OC1COC2COCC21)C(F)(F)F. The first-order chi connectivity index (χ1) is 7.89. The minimum atomic E-state index is -4.76. The van der Waals surface area contributed by atoms with Crippen molar-refractivity contribution in [1.29, 1.82) is 0 Å². The summed E-state index contributed by atoms with van der Waals surface area (Å²) in [6.07, 6.45) is -5.64. The number of halogens is 3. The maximum absolute atomic E-state index is 12.2. The lowest BCUT2D eigenvalue weighted by atomic mass is 10.0. The lowest BCUT2D eigenvalue weighted by molar-refractivity contribution is -0.157. The van der Waals surface area contributed by atoms with Crippen molar-refractivity contribution in [3.8, 4) is 0 Å². The molecule has 0 radical (unpaired) electrons. The van der Waals surface area contributed by atoms with Crippen LogP contribution in [0, 0.1) is 5.92 Å². The number of esters is 1. The van der Waals surface area contributed by atoms with Crippen molar-refractivity contribution >= 4 is 5.97 Å². The zero-order chi connectivity index (χ0) is 12.6. The van der Waals surface area contributed by atoms with Gasteiger partial charge < -0.3 is 14.2 Å². The zero-order valence-electron chi connectivity index (χ0n) is 8.83. The molecule has 96 valence electrons. The van der Waals surface area contributed by atoms with Gasteiger partial charge in [-0.05, 0) is 0 Å². The van der Waals surface area contributed by atoms with Gasteiger partial charge in [0.15, 0.2) is 0 Å². The molecule has 0 saturated carbocycles. The van der Waals surface area contributed by atoms with Crippen LogP contribution < -0.4 is 0 Å². The van der Waals surface area contributed by atoms with Crippen molar-refractivity contribution in [2.45, 2.75) is 18.4 Å². The molecule has 2 heterocycles. The zero-order valence-corrected chi connectivity index (χ0v) is 8.83. The first-order valence-corrected chi connectivity index (χ1v) is 5.06. The Labute approximate surface area is 95.3 Å². The Morgan fingerprint density at radius 3 is 2.65 bits per heavy atom. The van der Waals surface area contributed by atoms with E-state index in [-0.39, 0.29) is 18.6 Å². The van der Waals surface area contributed by atoms with Crippen LogP contribution in [0.15, 0.2) is 12.2 Å². The number of ether oxygens (including phenoxy) is 3. The lowest BCUT2D eigenvalue weighted by Crippen LogP contribution is -2.31. The van der Waals surface area contributed by atoms with Crippen LogP contribution in [0.2, 0.25) is 0 Å². The molecule has 0 amide bonds. The Hall–Kier alpha value is -1.08. The summed E-state index contributed by atoms with van der Waals surface area (Å²) in [4.78, 5) is 11.2. The second kappa shape index (κ2) is 4.30. The number of carbonyl (C=O) groups is 1. The van der Waals surface area contributed by atoms with E-state index in [0.717, 1.165) is 0 Å². The summed E-state index contributed by atoms with van der Waals surface area (Å²) in [6, 6.07) is 0. The Morgan fingerprint density at radius 2 is 2.00 bits per heavy atom. The van der Waals surface area contributed by atoms with Gasteiger partial charge in [-0.2, -0.15) is 13.2 Å². The van der Waals surface area contributed by atoms with Gasteiger partial charge in [0.1, 0.15) is 11.7 Å². The van der Waals surface area contributed by atoms with Gasteiger partial charge in [-0.15, -0.1) is 0 Å². The number of fused-ring (bicyclic) bond motifs is 1. The van der Waals surface area contributed by atoms with Crippen molar-refractivity contribution in [3.05, 3.63) is 12.2 Å². The molecule has 2 fully saturated rings. The molecule has 2 aliphatic heterocycles. The second-order valence-electron chi connectivity index (χ2n) is 3.99. The highest BCUT2D eigenvalue weighted by Gasteiger charge is 2.45. The van der Waals surface area contributed by atoms with Gasteiger partial charge >= 0.3 is 12.1 Å². The molecule has 0 N–H and O–H groups in total. The van der Waals surface area contributed by atoms with Crippen molar-refractivity contribution in [1.82, 2.24) is 0 Å². The van der Waals surface area contributed by atoms with Crippen molar-refractivity contribution < 1.29 is 32.2 Å². The monoisotopic (exact) mass is 252 g/mol. The van der Waals surface area contributed by atoms with Crippen LogP contribution in [-0.2, 0) is 19.0 Å². The lowest BCUT2D eigenvalue weighted by Gasteiger charge is -2.17. The molecule has 7 heteroatoms. The molecule has 0 aromatic carbocycles. The summed E-state index contributed by atoms with van der Waals surface area (Å²) in [5.41, 5.74) is -1.50. The van der Waals surface area contributed by atoms with Gasteiger partial charge in [0.25, 0.3) is 0 Å². The summed E-state index contributed by atoms with van der Waals surface area (Å²) >= 11 is 0. The van der Waals surface area contributed by atoms with Gasteiger partial charge in [0, 0.05) is 0 Å². The molecule has 0 bridgehead atoms. The van der Waals surface area contributed by atoms with E-state index in [1.807, 2.05) is 0 Å². The van der Waals surface area contributed by atoms with Crippen LogP contribution in [0.5, 0.6) is 0 Å². The summed E-state index contributed by atoms with van der Waals surface area (Å²) in [7, 11) is 0. The van der Waals surface area contributed by atoms with Crippen molar-refractivity contribution in [3.63, 3.8) is 0 Å². The first-order valence-electron chi connectivity index (χ1n) is 5.06. The molecule has 4 nitrogen and oxygen atoms in total. The van der Waals surface area contributed by atoms with E-state index >= 15 is 0 Å². The summed E-state index contributed by atoms with van der Waals surface area (Å²) in [5, 5.41) is 0. The summed E-state index contributed by atoms with van der Waals surface area (Å²) in [5.74, 6) is -1.63. The quantitative estimate of drug-likeness (QED) is 0.544. The van der Waals surface area contributed by atoms with Crippen LogP contribution in [0.4, 0.5) is 13.2 Å². The van der Waals surface area contributed by atoms with E-state index in [9.17, 15) is 18.0 Å². The number of rotatable bonds is 2. The molecule has 2 aliphatic rings. The number of carbonyl (C=O) groups excluding carboxylic acids is 1. The predicted molar refractivity (Wildman–Crippen MR) is 49.1 cm³/mol. The fourth-order valence-electron chi connectivity index (χ4n) is 1.86. The van der Waals surface area contributed by atoms with E-state index in [1.54, 1.807) is 0 Å². The average Bonchev–Trinajstić information content (AvgIpc) is 2.80. The fourth-order valence-corrected chi connectivity index (χ4v) is 1.86. The molecule has 3 atom stereocenters. The summed E-state index contributed by atoms with van der Waals surface area (Å²) in [6.45, 7) is 3.51. The number of hydrogen-bond acceptors (Lipinski definition) is 4. The standard InChI is InChI=1S/C10H11F3O4/c1-5(10(11,12)13)9(14)17-8-4-16-7-3-15-2-6(7)8/h6-8H,1-4H2. The molecule has 17 heavy (non-hydrogen) atoms. The summed E-state index contributed by atoms with van der Waals surface area (Å²) < 4.78 is 51.6. The molecule has 0 spiro atoms. The highest BCUT2D eigenvalue weighted by molar-refractivity contribution is 5.89. The molecule has 0 aliphatic carbocycles. The fraction of sp³-hybridized carbons (Fsp3) is 0.700. The van der Waals surface area contributed by atoms with Gasteiger partial charge in [-0.3, -0.25) is 0 Å².